The third-order valence-corrected chi connectivity index (χ3v) is 6.43. The number of hydrogen-bond donors (Lipinski definition) is 3. The van der Waals surface area contributed by atoms with Crippen LogP contribution in [0.3, 0.4) is 0 Å². The molecule has 2 amide bonds. The van der Waals surface area contributed by atoms with E-state index < -0.39 is 11.7 Å². The average molecular weight is 545 g/mol. The molecular weight excluding hydrogens is 521 g/mol. The summed E-state index contributed by atoms with van der Waals surface area (Å²) in [5.74, 6) is 5.70. The van der Waals surface area contributed by atoms with Crippen LogP contribution in [0, 0.1) is 11.8 Å². The fourth-order valence-corrected chi connectivity index (χ4v) is 4.47. The molecular formula is C29H23F3N6O2. The first kappa shape index (κ1) is 26.5. The van der Waals surface area contributed by atoms with Crippen LogP contribution in [0.1, 0.15) is 38.3 Å². The van der Waals surface area contributed by atoms with Crippen molar-refractivity contribution in [3.8, 4) is 23.2 Å². The number of nitrogens with one attached hydrogen (secondary N) is 2. The first-order valence-electron chi connectivity index (χ1n) is 12.3. The van der Waals surface area contributed by atoms with Crippen molar-refractivity contribution in [3.63, 3.8) is 0 Å². The van der Waals surface area contributed by atoms with Gasteiger partial charge in [-0.15, -0.1) is 0 Å². The summed E-state index contributed by atoms with van der Waals surface area (Å²) in [6.45, 7) is 0.556. The van der Waals surface area contributed by atoms with Gasteiger partial charge in [0.1, 0.15) is 5.69 Å². The van der Waals surface area contributed by atoms with Crippen molar-refractivity contribution in [2.24, 2.45) is 7.05 Å². The highest BCUT2D eigenvalue weighted by molar-refractivity contribution is 5.98. The third-order valence-electron chi connectivity index (χ3n) is 6.43. The standard InChI is InChI=1S/C29H23F3N6O2/c1-38-23-11-12-34-27(40)22(23)15-24(38)26-19(16-35-28(33)37-26)6-5-17-3-2-4-18(13-17)14-25(39)36-21-9-7-20(8-10-21)29(30,31)32/h2-4,7-10,13,15-16H,11-12,14H2,1H3,(H,34,40)(H,36,39)(H2,33,35,37). The van der Waals surface area contributed by atoms with E-state index in [-0.39, 0.29) is 29.9 Å². The van der Waals surface area contributed by atoms with E-state index in [1.165, 1.54) is 18.3 Å². The van der Waals surface area contributed by atoms with Gasteiger partial charge in [-0.3, -0.25) is 9.59 Å². The van der Waals surface area contributed by atoms with Crippen LogP contribution in [0.25, 0.3) is 11.4 Å². The Morgan fingerprint density at radius 2 is 1.93 bits per heavy atom. The minimum atomic E-state index is -4.44. The molecule has 4 aromatic rings. The number of carbonyl (C=O) groups is 2. The Morgan fingerprint density at radius 1 is 1.15 bits per heavy atom. The molecule has 0 bridgehead atoms. The lowest BCUT2D eigenvalue weighted by Gasteiger charge is -2.14. The fraction of sp³-hybridized carbons (Fsp3) is 0.172. The molecule has 8 nitrogen and oxygen atoms in total. The van der Waals surface area contributed by atoms with Crippen molar-refractivity contribution in [1.29, 1.82) is 0 Å². The Labute approximate surface area is 227 Å². The van der Waals surface area contributed by atoms with Gasteiger partial charge in [-0.05, 0) is 48.0 Å². The second-order valence-corrected chi connectivity index (χ2v) is 9.20. The summed E-state index contributed by atoms with van der Waals surface area (Å²) in [5, 5.41) is 5.44. The number of benzene rings is 2. The maximum absolute atomic E-state index is 12.8. The van der Waals surface area contributed by atoms with Gasteiger partial charge in [-0.2, -0.15) is 13.2 Å². The normalized spacial score (nSPS) is 12.7. The molecule has 0 unspecified atom stereocenters. The first-order valence-corrected chi connectivity index (χ1v) is 12.3. The SMILES string of the molecule is Cn1c(-c2nc(N)ncc2C#Cc2cccc(CC(=O)Nc3ccc(C(F)(F)F)cc3)c2)cc2c1CCNC2=O. The molecule has 11 heteroatoms. The van der Waals surface area contributed by atoms with Crippen LogP contribution >= 0.6 is 0 Å². The number of halogens is 3. The van der Waals surface area contributed by atoms with E-state index in [4.69, 9.17) is 5.73 Å². The summed E-state index contributed by atoms with van der Waals surface area (Å²) in [7, 11) is 1.86. The predicted octanol–water partition coefficient (Wildman–Crippen LogP) is 3.95. The molecule has 2 aromatic carbocycles. The number of anilines is 2. The monoisotopic (exact) mass is 544 g/mol. The summed E-state index contributed by atoms with van der Waals surface area (Å²) >= 11 is 0. The van der Waals surface area contributed by atoms with Crippen molar-refractivity contribution < 1.29 is 22.8 Å². The maximum atomic E-state index is 12.8. The Kier molecular flexibility index (Phi) is 7.00. The van der Waals surface area contributed by atoms with Crippen LogP contribution in [0.4, 0.5) is 24.8 Å². The maximum Gasteiger partial charge on any atom is 0.416 e. The molecule has 202 valence electrons. The lowest BCUT2D eigenvalue weighted by atomic mass is 10.1. The van der Waals surface area contributed by atoms with Crippen LogP contribution in [-0.4, -0.2) is 32.9 Å². The fourth-order valence-electron chi connectivity index (χ4n) is 4.47. The summed E-state index contributed by atoms with van der Waals surface area (Å²) in [6, 6.07) is 13.1. The number of nitrogens with zero attached hydrogens (tertiary/aromatic N) is 3. The zero-order chi connectivity index (χ0) is 28.4. The van der Waals surface area contributed by atoms with Gasteiger partial charge >= 0.3 is 6.18 Å². The average Bonchev–Trinajstić information content (AvgIpc) is 3.25. The number of alkyl halides is 3. The summed E-state index contributed by atoms with van der Waals surface area (Å²) in [4.78, 5) is 33.3. The van der Waals surface area contributed by atoms with E-state index in [0.717, 1.165) is 17.8 Å². The Morgan fingerprint density at radius 3 is 2.65 bits per heavy atom. The predicted molar refractivity (Wildman–Crippen MR) is 143 cm³/mol. The van der Waals surface area contributed by atoms with E-state index in [1.807, 2.05) is 11.6 Å². The molecule has 0 atom stereocenters. The second-order valence-electron chi connectivity index (χ2n) is 9.20. The molecule has 0 aliphatic carbocycles. The number of carbonyl (C=O) groups excluding carboxylic acids is 2. The Bertz CT molecular complexity index is 1680. The highest BCUT2D eigenvalue weighted by atomic mass is 19.4. The molecule has 1 aliphatic rings. The lowest BCUT2D eigenvalue weighted by Crippen LogP contribution is -2.31. The van der Waals surface area contributed by atoms with Gasteiger partial charge in [-0.1, -0.05) is 24.0 Å². The van der Waals surface area contributed by atoms with Gasteiger partial charge in [-0.25, -0.2) is 9.97 Å². The first-order chi connectivity index (χ1) is 19.1. The lowest BCUT2D eigenvalue weighted by molar-refractivity contribution is -0.137. The summed E-state index contributed by atoms with van der Waals surface area (Å²) < 4.78 is 40.2. The van der Waals surface area contributed by atoms with Gasteiger partial charge in [0.05, 0.1) is 28.8 Å². The Hall–Kier alpha value is -5.11. The largest absolute Gasteiger partial charge is 0.416 e. The van der Waals surface area contributed by atoms with Crippen molar-refractivity contribution >= 4 is 23.5 Å². The van der Waals surface area contributed by atoms with Crippen molar-refractivity contribution in [3.05, 3.63) is 94.3 Å². The summed E-state index contributed by atoms with van der Waals surface area (Å²) in [5.41, 5.74) is 9.84. The molecule has 5 rings (SSSR count). The minimum Gasteiger partial charge on any atom is -0.368 e. The number of rotatable bonds is 4. The molecule has 1 aliphatic heterocycles. The molecule has 40 heavy (non-hydrogen) atoms. The van der Waals surface area contributed by atoms with Crippen LogP contribution in [0.5, 0.6) is 0 Å². The van der Waals surface area contributed by atoms with Gasteiger partial charge in [0.2, 0.25) is 11.9 Å². The van der Waals surface area contributed by atoms with Crippen molar-refractivity contribution in [2.45, 2.75) is 19.0 Å². The van der Waals surface area contributed by atoms with Crippen molar-refractivity contribution in [2.75, 3.05) is 17.6 Å². The number of nitrogens with two attached hydrogens (primary N) is 1. The number of hydrogen-bond acceptors (Lipinski definition) is 5. The molecule has 0 spiro atoms. The molecule has 4 N–H and O–H groups in total. The minimum absolute atomic E-state index is 0.00371. The molecule has 3 heterocycles. The van der Waals surface area contributed by atoms with Crippen LogP contribution in [-0.2, 0) is 30.9 Å². The van der Waals surface area contributed by atoms with Gasteiger partial charge < -0.3 is 20.9 Å². The zero-order valence-corrected chi connectivity index (χ0v) is 21.3. The third kappa shape index (κ3) is 5.66. The highest BCUT2D eigenvalue weighted by Gasteiger charge is 2.30. The van der Waals surface area contributed by atoms with Crippen LogP contribution in [0.2, 0.25) is 0 Å². The summed E-state index contributed by atoms with van der Waals surface area (Å²) in [6.07, 6.45) is -2.22. The smallest absolute Gasteiger partial charge is 0.368 e. The topological polar surface area (TPSA) is 115 Å². The number of amides is 2. The number of fused-ring (bicyclic) bond motifs is 1. The number of nitrogen functional groups attached to an aromatic ring is 1. The van der Waals surface area contributed by atoms with Gasteiger partial charge in [0.25, 0.3) is 5.91 Å². The molecule has 0 radical (unpaired) electrons. The quantitative estimate of drug-likeness (QED) is 0.337. The second kappa shape index (κ2) is 10.6. The molecule has 0 fully saturated rings. The number of aromatic nitrogens is 3. The highest BCUT2D eigenvalue weighted by Crippen LogP contribution is 2.30. The Balaban J connectivity index is 1.35. The van der Waals surface area contributed by atoms with E-state index in [1.54, 1.807) is 30.3 Å². The van der Waals surface area contributed by atoms with E-state index in [9.17, 15) is 22.8 Å². The van der Waals surface area contributed by atoms with E-state index in [2.05, 4.69) is 32.4 Å². The zero-order valence-electron chi connectivity index (χ0n) is 21.3. The van der Waals surface area contributed by atoms with E-state index >= 15 is 0 Å². The molecule has 0 saturated carbocycles. The van der Waals surface area contributed by atoms with Gasteiger partial charge in [0, 0.05) is 43.2 Å². The van der Waals surface area contributed by atoms with Crippen molar-refractivity contribution in [1.82, 2.24) is 19.9 Å². The molecule has 2 aromatic heterocycles. The van der Waals surface area contributed by atoms with Crippen LogP contribution < -0.4 is 16.4 Å². The van der Waals surface area contributed by atoms with E-state index in [0.29, 0.717) is 46.6 Å². The van der Waals surface area contributed by atoms with Gasteiger partial charge in [0.15, 0.2) is 0 Å². The molecule has 0 saturated heterocycles. The van der Waals surface area contributed by atoms with Crippen LogP contribution in [0.15, 0.2) is 60.8 Å².